The Kier molecular flexibility index (Phi) is 2.83. The summed E-state index contributed by atoms with van der Waals surface area (Å²) in [6, 6.07) is 0. The maximum absolute atomic E-state index is 12.7. The fourth-order valence-corrected chi connectivity index (χ4v) is 8.75. The quantitative estimate of drug-likeness (QED) is 0.600. The highest BCUT2D eigenvalue weighted by Crippen LogP contribution is 2.87. The van der Waals surface area contributed by atoms with Crippen molar-refractivity contribution in [2.75, 3.05) is 0 Å². The lowest BCUT2D eigenvalue weighted by Crippen LogP contribution is -2.55. The number of hydrogen-bond donors (Lipinski definition) is 0. The zero-order valence-electron chi connectivity index (χ0n) is 16.2. The largest absolute Gasteiger partial charge is 0.459 e. The van der Waals surface area contributed by atoms with E-state index in [1.54, 1.807) is 0 Å². The van der Waals surface area contributed by atoms with E-state index in [4.69, 9.17) is 4.74 Å². The number of hydrogen-bond acceptors (Lipinski definition) is 3. The molecule has 138 valence electrons. The summed E-state index contributed by atoms with van der Waals surface area (Å²) < 4.78 is 5.89. The second-order valence-electron chi connectivity index (χ2n) is 10.9. The van der Waals surface area contributed by atoms with Gasteiger partial charge in [0.25, 0.3) is 0 Å². The van der Waals surface area contributed by atoms with Crippen LogP contribution in [0.4, 0.5) is 0 Å². The Morgan fingerprint density at radius 1 is 0.840 bits per heavy atom. The van der Waals surface area contributed by atoms with Crippen LogP contribution in [0.3, 0.4) is 0 Å². The molecule has 4 saturated carbocycles. The maximum atomic E-state index is 12.7. The molecule has 0 aromatic carbocycles. The van der Waals surface area contributed by atoms with Crippen molar-refractivity contribution in [2.24, 2.45) is 33.5 Å². The van der Waals surface area contributed by atoms with Crippen molar-refractivity contribution >= 4 is 11.8 Å². The molecule has 5 rings (SSSR count). The molecule has 5 aliphatic rings. The van der Waals surface area contributed by atoms with Gasteiger partial charge in [-0.3, -0.25) is 9.59 Å². The smallest absolute Gasteiger partial charge is 0.306 e. The van der Waals surface area contributed by atoms with E-state index < -0.39 is 0 Å². The van der Waals surface area contributed by atoms with E-state index in [2.05, 4.69) is 27.7 Å². The Labute approximate surface area is 151 Å². The molecule has 6 unspecified atom stereocenters. The summed E-state index contributed by atoms with van der Waals surface area (Å²) in [5.41, 5.74) is 0.390. The predicted octanol–water partition coefficient (Wildman–Crippen LogP) is 4.67. The third-order valence-corrected chi connectivity index (χ3v) is 10.2. The molecule has 1 heterocycles. The van der Waals surface area contributed by atoms with Crippen LogP contribution in [0.5, 0.6) is 0 Å². The minimum Gasteiger partial charge on any atom is -0.459 e. The molecule has 5 fully saturated rings. The Bertz CT molecular complexity index is 681. The number of cyclic esters (lactones) is 1. The van der Waals surface area contributed by atoms with Crippen molar-refractivity contribution in [2.45, 2.75) is 91.1 Å². The van der Waals surface area contributed by atoms with Gasteiger partial charge in [-0.25, -0.2) is 0 Å². The van der Waals surface area contributed by atoms with Crippen molar-refractivity contribution in [3.05, 3.63) is 0 Å². The molecule has 0 bridgehead atoms. The van der Waals surface area contributed by atoms with Crippen LogP contribution in [-0.2, 0) is 14.3 Å². The predicted molar refractivity (Wildman–Crippen MR) is 94.8 cm³/mol. The van der Waals surface area contributed by atoms with Crippen molar-refractivity contribution in [3.63, 3.8) is 0 Å². The number of fused-ring (bicyclic) bond motifs is 2. The molecular formula is C22H32O3. The first kappa shape index (κ1) is 16.3. The van der Waals surface area contributed by atoms with Crippen LogP contribution in [0.2, 0.25) is 0 Å². The molecule has 1 saturated heterocycles. The first-order valence-corrected chi connectivity index (χ1v) is 10.4. The normalized spacial score (nSPS) is 56.0. The highest BCUT2D eigenvalue weighted by molar-refractivity contribution is 5.88. The van der Waals surface area contributed by atoms with Crippen LogP contribution in [0.1, 0.15) is 85.5 Å². The molecule has 0 amide bonds. The second-order valence-corrected chi connectivity index (χ2v) is 10.9. The Hall–Kier alpha value is -0.860. The zero-order chi connectivity index (χ0) is 17.9. The van der Waals surface area contributed by atoms with Crippen LogP contribution >= 0.6 is 0 Å². The maximum Gasteiger partial charge on any atom is 0.306 e. The van der Waals surface area contributed by atoms with Gasteiger partial charge in [-0.05, 0) is 81.0 Å². The van der Waals surface area contributed by atoms with Gasteiger partial charge >= 0.3 is 5.97 Å². The molecule has 25 heavy (non-hydrogen) atoms. The summed E-state index contributed by atoms with van der Waals surface area (Å²) >= 11 is 0. The molecule has 4 aliphatic carbocycles. The summed E-state index contributed by atoms with van der Waals surface area (Å²) in [7, 11) is 0. The minimum absolute atomic E-state index is 0.00437. The summed E-state index contributed by atoms with van der Waals surface area (Å²) in [6.07, 6.45) is 9.35. The SMILES string of the molecule is CC1(C)OC(=O)CCC23CC24CCC2(C)C(=O)CCC2(C)C4CCC13. The van der Waals surface area contributed by atoms with E-state index in [9.17, 15) is 9.59 Å². The molecule has 0 aromatic heterocycles. The van der Waals surface area contributed by atoms with Crippen LogP contribution < -0.4 is 0 Å². The summed E-state index contributed by atoms with van der Waals surface area (Å²) in [6.45, 7) is 8.98. The third kappa shape index (κ3) is 1.61. The summed E-state index contributed by atoms with van der Waals surface area (Å²) in [5, 5.41) is 0. The number of carbonyl (C=O) groups is 2. The number of ketones is 1. The first-order valence-electron chi connectivity index (χ1n) is 10.4. The fourth-order valence-electron chi connectivity index (χ4n) is 8.75. The zero-order valence-corrected chi connectivity index (χ0v) is 16.2. The molecule has 0 aromatic rings. The van der Waals surface area contributed by atoms with Gasteiger partial charge in [0.15, 0.2) is 0 Å². The molecular weight excluding hydrogens is 312 g/mol. The van der Waals surface area contributed by atoms with E-state index in [0.717, 1.165) is 32.1 Å². The van der Waals surface area contributed by atoms with Crippen LogP contribution in [0.25, 0.3) is 0 Å². The number of Topliss-reactive ketones (excluding diaryl/α,β-unsaturated/α-hetero) is 1. The van der Waals surface area contributed by atoms with E-state index in [1.807, 2.05) is 0 Å². The highest BCUT2D eigenvalue weighted by Gasteiger charge is 2.81. The van der Waals surface area contributed by atoms with E-state index >= 15 is 0 Å². The van der Waals surface area contributed by atoms with Gasteiger partial charge in [-0.1, -0.05) is 13.8 Å². The van der Waals surface area contributed by atoms with Gasteiger partial charge in [0.05, 0.1) is 0 Å². The van der Waals surface area contributed by atoms with Gasteiger partial charge in [0, 0.05) is 24.2 Å². The van der Waals surface area contributed by atoms with Gasteiger partial charge in [-0.2, -0.15) is 0 Å². The van der Waals surface area contributed by atoms with E-state index in [1.165, 1.54) is 19.3 Å². The average molecular weight is 344 g/mol. The summed E-state index contributed by atoms with van der Waals surface area (Å²) in [4.78, 5) is 25.0. The number of rotatable bonds is 0. The van der Waals surface area contributed by atoms with Gasteiger partial charge < -0.3 is 4.74 Å². The lowest BCUT2D eigenvalue weighted by atomic mass is 9.45. The Morgan fingerprint density at radius 3 is 2.28 bits per heavy atom. The van der Waals surface area contributed by atoms with Crippen LogP contribution in [0.15, 0.2) is 0 Å². The van der Waals surface area contributed by atoms with Gasteiger partial charge in [-0.15, -0.1) is 0 Å². The number of esters is 1. The van der Waals surface area contributed by atoms with Crippen molar-refractivity contribution < 1.29 is 14.3 Å². The van der Waals surface area contributed by atoms with Crippen molar-refractivity contribution in [1.82, 2.24) is 0 Å². The van der Waals surface area contributed by atoms with E-state index in [0.29, 0.717) is 34.9 Å². The Balaban J connectivity index is 1.59. The topological polar surface area (TPSA) is 43.4 Å². The third-order valence-electron chi connectivity index (χ3n) is 10.2. The number of ether oxygens (including phenoxy) is 1. The summed E-state index contributed by atoms with van der Waals surface area (Å²) in [5.74, 6) is 1.66. The molecule has 3 nitrogen and oxygen atoms in total. The second kappa shape index (κ2) is 4.34. The average Bonchev–Trinajstić information content (AvgIpc) is 3.17. The lowest BCUT2D eigenvalue weighted by Gasteiger charge is -2.59. The first-order chi connectivity index (χ1) is 11.6. The molecule has 6 atom stereocenters. The standard InChI is InChI=1S/C22H32O3/c1-18(2)14-5-6-15-19(3)9-7-16(23)20(19,4)11-12-22(15)13-21(14,22)10-8-17(24)25-18/h14-15H,5-13H2,1-4H3. The minimum atomic E-state index is -0.338. The van der Waals surface area contributed by atoms with Crippen LogP contribution in [-0.4, -0.2) is 17.4 Å². The number of carbonyl (C=O) groups excluding carboxylic acids is 2. The highest BCUT2D eigenvalue weighted by atomic mass is 16.6. The monoisotopic (exact) mass is 344 g/mol. The van der Waals surface area contributed by atoms with Gasteiger partial charge in [0.2, 0.25) is 0 Å². The molecule has 0 N–H and O–H groups in total. The van der Waals surface area contributed by atoms with E-state index in [-0.39, 0.29) is 22.4 Å². The van der Waals surface area contributed by atoms with Crippen LogP contribution in [0, 0.1) is 33.5 Å². The Morgan fingerprint density at radius 2 is 1.52 bits per heavy atom. The fraction of sp³-hybridized carbons (Fsp3) is 0.909. The van der Waals surface area contributed by atoms with Crippen molar-refractivity contribution in [3.8, 4) is 0 Å². The molecule has 2 spiro atoms. The molecule has 1 aliphatic heterocycles. The van der Waals surface area contributed by atoms with Crippen molar-refractivity contribution in [1.29, 1.82) is 0 Å². The molecule has 0 radical (unpaired) electrons. The lowest BCUT2D eigenvalue weighted by molar-refractivity contribution is -0.168. The van der Waals surface area contributed by atoms with Gasteiger partial charge in [0.1, 0.15) is 11.4 Å². The molecule has 3 heteroatoms.